The monoisotopic (exact) mass is 792 g/mol. The molecule has 1 aliphatic carbocycles. The summed E-state index contributed by atoms with van der Waals surface area (Å²) in [5.41, 5.74) is 10.9. The van der Waals surface area contributed by atoms with Gasteiger partial charge in [-0.1, -0.05) is 54.6 Å². The molecule has 10 heteroatoms. The number of benzene rings is 4. The highest BCUT2D eigenvalue weighted by atomic mass is 16.3. The standard InChI is InChI=1S/C49H56N6O4/c1-51(54-23-17-32(18-24-54)28-52-29-36-25-38-31-55(45-15-16-46(57)50-48(45)58)49(59)44(38)27-37(36)30-52)39-19-21-53(22-20-39)40-10-7-34(8-11-40)47-42(33-5-3-2-4-6-33)13-9-35-26-41(56)12-14-43(35)47/h2-8,10-12,14,25-27,32,39,42,45,47,56H,9,13,15-24,28-31H2,1H3,(H,50,57,58)/t42-,45?,47+/m1/s1. The molecule has 59 heavy (non-hydrogen) atoms. The highest BCUT2D eigenvalue weighted by Crippen LogP contribution is 2.47. The molecule has 0 aromatic heterocycles. The summed E-state index contributed by atoms with van der Waals surface area (Å²) in [7, 11) is 2.30. The lowest BCUT2D eigenvalue weighted by atomic mass is 9.69. The SMILES string of the molecule is CN(C1CCN(c2ccc([C@@H]3c4ccc(O)cc4CC[C@@H]3c3ccccc3)cc2)CC1)N1CCC(CN2Cc3cc4c(cc3C2)C(=O)N(C2CCC(=O)NC2=O)C4)CC1. The van der Waals surface area contributed by atoms with Crippen LogP contribution in [-0.2, 0) is 35.6 Å². The van der Waals surface area contributed by atoms with Crippen molar-refractivity contribution in [3.63, 3.8) is 0 Å². The first-order valence-corrected chi connectivity index (χ1v) is 22.0. The third-order valence-corrected chi connectivity index (χ3v) is 14.6. The molecule has 4 aromatic carbocycles. The van der Waals surface area contributed by atoms with Crippen molar-refractivity contribution in [1.29, 1.82) is 0 Å². The van der Waals surface area contributed by atoms with Gasteiger partial charge in [0.2, 0.25) is 11.8 Å². The first-order valence-electron chi connectivity index (χ1n) is 22.0. The van der Waals surface area contributed by atoms with Crippen molar-refractivity contribution in [2.75, 3.05) is 44.7 Å². The molecule has 1 unspecified atom stereocenters. The smallest absolute Gasteiger partial charge is 0.255 e. The number of imide groups is 1. The number of nitrogens with one attached hydrogen (secondary N) is 1. The molecule has 3 atom stereocenters. The van der Waals surface area contributed by atoms with E-state index in [2.05, 4.69) is 105 Å². The van der Waals surface area contributed by atoms with E-state index in [1.165, 1.54) is 51.9 Å². The van der Waals surface area contributed by atoms with Crippen LogP contribution in [0.5, 0.6) is 5.75 Å². The van der Waals surface area contributed by atoms with E-state index >= 15 is 0 Å². The van der Waals surface area contributed by atoms with E-state index in [0.717, 1.165) is 82.6 Å². The van der Waals surface area contributed by atoms with Gasteiger partial charge < -0.3 is 14.9 Å². The number of amides is 3. The molecular formula is C49H56N6O4. The van der Waals surface area contributed by atoms with Crippen LogP contribution in [0.3, 0.4) is 0 Å². The van der Waals surface area contributed by atoms with Gasteiger partial charge in [0, 0.05) is 89.0 Å². The Kier molecular flexibility index (Phi) is 10.3. The number of aromatic hydroxyl groups is 1. The minimum absolute atomic E-state index is 0.0886. The van der Waals surface area contributed by atoms with Crippen molar-refractivity contribution in [1.82, 2.24) is 25.1 Å². The largest absolute Gasteiger partial charge is 0.508 e. The van der Waals surface area contributed by atoms with Crippen LogP contribution in [0.25, 0.3) is 0 Å². The zero-order valence-electron chi connectivity index (χ0n) is 34.2. The Morgan fingerprint density at radius 2 is 1.46 bits per heavy atom. The van der Waals surface area contributed by atoms with E-state index in [1.54, 1.807) is 4.90 Å². The number of fused-ring (bicyclic) bond motifs is 3. The first-order chi connectivity index (χ1) is 28.8. The predicted octanol–water partition coefficient (Wildman–Crippen LogP) is 6.56. The van der Waals surface area contributed by atoms with Gasteiger partial charge in [0.1, 0.15) is 11.8 Å². The quantitative estimate of drug-likeness (QED) is 0.194. The molecule has 2 N–H and O–H groups in total. The molecule has 5 aliphatic heterocycles. The number of hydrogen-bond donors (Lipinski definition) is 2. The summed E-state index contributed by atoms with van der Waals surface area (Å²) in [5.74, 6) is 0.982. The van der Waals surface area contributed by atoms with Gasteiger partial charge in [-0.05, 0) is 126 Å². The maximum Gasteiger partial charge on any atom is 0.255 e. The molecule has 10 rings (SSSR count). The maximum absolute atomic E-state index is 13.4. The lowest BCUT2D eigenvalue weighted by Gasteiger charge is -2.45. The predicted molar refractivity (Wildman–Crippen MR) is 228 cm³/mol. The van der Waals surface area contributed by atoms with Gasteiger partial charge in [-0.3, -0.25) is 24.6 Å². The second-order valence-corrected chi connectivity index (χ2v) is 18.0. The molecule has 3 amide bonds. The minimum Gasteiger partial charge on any atom is -0.508 e. The highest BCUT2D eigenvalue weighted by molar-refractivity contribution is 6.05. The molecular weight excluding hydrogens is 737 g/mol. The van der Waals surface area contributed by atoms with E-state index in [4.69, 9.17) is 0 Å². The summed E-state index contributed by atoms with van der Waals surface area (Å²) in [6, 6.07) is 30.5. The van der Waals surface area contributed by atoms with Crippen LogP contribution in [0.15, 0.2) is 84.9 Å². The minimum atomic E-state index is -0.570. The molecule has 4 aromatic rings. The number of phenols is 1. The Labute approximate surface area is 347 Å². The van der Waals surface area contributed by atoms with Gasteiger partial charge in [0.25, 0.3) is 5.91 Å². The molecule has 5 heterocycles. The van der Waals surface area contributed by atoms with Crippen molar-refractivity contribution >= 4 is 23.4 Å². The highest BCUT2D eigenvalue weighted by Gasteiger charge is 2.40. The number of phenolic OH excluding ortho intramolecular Hbond substituents is 1. The van der Waals surface area contributed by atoms with Crippen LogP contribution in [0, 0.1) is 5.92 Å². The third kappa shape index (κ3) is 7.44. The zero-order valence-corrected chi connectivity index (χ0v) is 34.2. The Hall–Kier alpha value is -5.03. The summed E-state index contributed by atoms with van der Waals surface area (Å²) >= 11 is 0. The van der Waals surface area contributed by atoms with E-state index in [0.29, 0.717) is 36.6 Å². The fourth-order valence-corrected chi connectivity index (χ4v) is 11.4. The van der Waals surface area contributed by atoms with Crippen LogP contribution >= 0.6 is 0 Å². The van der Waals surface area contributed by atoms with E-state index in [9.17, 15) is 19.5 Å². The van der Waals surface area contributed by atoms with E-state index in [1.807, 2.05) is 12.1 Å². The molecule has 306 valence electrons. The Morgan fingerprint density at radius 1 is 0.712 bits per heavy atom. The molecule has 0 spiro atoms. The summed E-state index contributed by atoms with van der Waals surface area (Å²) in [5, 5.41) is 17.8. The van der Waals surface area contributed by atoms with Crippen LogP contribution in [0.1, 0.15) is 106 Å². The Bertz CT molecular complexity index is 2230. The molecule has 6 aliphatic rings. The van der Waals surface area contributed by atoms with Crippen LogP contribution in [0.4, 0.5) is 5.69 Å². The summed E-state index contributed by atoms with van der Waals surface area (Å²) in [6.07, 6.45) is 7.40. The van der Waals surface area contributed by atoms with Crippen LogP contribution < -0.4 is 10.2 Å². The summed E-state index contributed by atoms with van der Waals surface area (Å²) in [6.45, 7) is 7.59. The maximum atomic E-state index is 13.4. The fourth-order valence-electron chi connectivity index (χ4n) is 11.4. The molecule has 0 radical (unpaired) electrons. The topological polar surface area (TPSA) is 99.7 Å². The molecule has 0 bridgehead atoms. The van der Waals surface area contributed by atoms with Gasteiger partial charge in [0.05, 0.1) is 0 Å². The lowest BCUT2D eigenvalue weighted by molar-refractivity contribution is -0.136. The Balaban J connectivity index is 0.704. The van der Waals surface area contributed by atoms with Crippen LogP contribution in [-0.4, -0.2) is 94.5 Å². The zero-order chi connectivity index (χ0) is 40.2. The van der Waals surface area contributed by atoms with Crippen molar-refractivity contribution in [2.45, 2.75) is 94.9 Å². The van der Waals surface area contributed by atoms with Gasteiger partial charge in [-0.25, -0.2) is 10.0 Å². The lowest BCUT2D eigenvalue weighted by Crippen LogP contribution is -2.53. The number of hydrogen-bond acceptors (Lipinski definition) is 8. The number of carbonyl (C=O) groups excluding carboxylic acids is 3. The van der Waals surface area contributed by atoms with Crippen molar-refractivity contribution in [3.05, 3.63) is 129 Å². The number of hydrazine groups is 1. The van der Waals surface area contributed by atoms with E-state index < -0.39 is 6.04 Å². The fraction of sp³-hybridized carbons (Fsp3) is 0.449. The van der Waals surface area contributed by atoms with Gasteiger partial charge in [0.15, 0.2) is 0 Å². The normalized spacial score (nSPS) is 24.4. The number of carbonyl (C=O) groups is 3. The number of piperidine rings is 3. The Morgan fingerprint density at radius 3 is 2.20 bits per heavy atom. The average Bonchev–Trinajstić information content (AvgIpc) is 3.80. The second kappa shape index (κ2) is 15.9. The van der Waals surface area contributed by atoms with Gasteiger partial charge in [-0.15, -0.1) is 0 Å². The van der Waals surface area contributed by atoms with Crippen molar-refractivity contribution in [3.8, 4) is 5.75 Å². The third-order valence-electron chi connectivity index (χ3n) is 14.6. The number of aryl methyl sites for hydroxylation is 1. The van der Waals surface area contributed by atoms with Crippen molar-refractivity contribution in [2.24, 2.45) is 5.92 Å². The summed E-state index contributed by atoms with van der Waals surface area (Å²) in [4.78, 5) is 44.3. The van der Waals surface area contributed by atoms with Gasteiger partial charge >= 0.3 is 0 Å². The van der Waals surface area contributed by atoms with Gasteiger partial charge in [-0.2, -0.15) is 0 Å². The first kappa shape index (κ1) is 38.2. The molecule has 3 saturated heterocycles. The molecule has 10 nitrogen and oxygen atoms in total. The summed E-state index contributed by atoms with van der Waals surface area (Å²) < 4.78 is 0. The second-order valence-electron chi connectivity index (χ2n) is 18.0. The van der Waals surface area contributed by atoms with E-state index in [-0.39, 0.29) is 30.1 Å². The van der Waals surface area contributed by atoms with Crippen molar-refractivity contribution < 1.29 is 19.5 Å². The number of nitrogens with zero attached hydrogens (tertiary/aromatic N) is 5. The van der Waals surface area contributed by atoms with Crippen LogP contribution in [0.2, 0.25) is 0 Å². The average molecular weight is 793 g/mol. The molecule has 3 fully saturated rings. The number of rotatable bonds is 8. The number of anilines is 1. The molecule has 0 saturated carbocycles.